The van der Waals surface area contributed by atoms with Crippen molar-refractivity contribution in [2.75, 3.05) is 35.2 Å². The highest BCUT2D eigenvalue weighted by Crippen LogP contribution is 2.33. The first-order valence-corrected chi connectivity index (χ1v) is 8.62. The molecule has 2 N–H and O–H groups in total. The summed E-state index contributed by atoms with van der Waals surface area (Å²) < 4.78 is 5.42. The molecule has 0 spiro atoms. The van der Waals surface area contributed by atoms with Crippen LogP contribution in [0, 0.1) is 0 Å². The van der Waals surface area contributed by atoms with Crippen molar-refractivity contribution in [2.45, 2.75) is 26.3 Å². The van der Waals surface area contributed by atoms with Gasteiger partial charge in [-0.15, -0.1) is 0 Å². The Hall–Kier alpha value is -2.69. The van der Waals surface area contributed by atoms with E-state index in [-0.39, 0.29) is 11.4 Å². The summed E-state index contributed by atoms with van der Waals surface area (Å²) in [6.07, 6.45) is 0. The number of fused-ring (bicyclic) bond motifs is 1. The molecule has 0 saturated heterocycles. The van der Waals surface area contributed by atoms with Gasteiger partial charge in [-0.2, -0.15) is 0 Å². The molecule has 132 valence electrons. The van der Waals surface area contributed by atoms with E-state index in [0.717, 1.165) is 29.4 Å². The number of para-hydroxylation sites is 2. The average Bonchev–Trinajstić information content (AvgIpc) is 2.56. The molecule has 1 heterocycles. The molecule has 2 aromatic rings. The van der Waals surface area contributed by atoms with Gasteiger partial charge in [-0.3, -0.25) is 4.79 Å². The molecule has 0 radical (unpaired) electrons. The monoisotopic (exact) mass is 339 g/mol. The quantitative estimate of drug-likeness (QED) is 0.871. The topological polar surface area (TPSA) is 53.6 Å². The van der Waals surface area contributed by atoms with E-state index in [4.69, 9.17) is 4.74 Å². The van der Waals surface area contributed by atoms with Gasteiger partial charge in [-0.05, 0) is 57.2 Å². The standard InChI is InChI=1S/C20H25N3O2/c1-4-25-16-11-9-15(10-12-16)21-19(24)13-23-14-20(2,3)22-17-7-5-6-8-18(17)23/h5-12,22H,4,13-14H2,1-3H3,(H,21,24). The number of rotatable bonds is 5. The molecule has 0 unspecified atom stereocenters. The Morgan fingerprint density at radius 1 is 1.20 bits per heavy atom. The summed E-state index contributed by atoms with van der Waals surface area (Å²) >= 11 is 0. The van der Waals surface area contributed by atoms with Gasteiger partial charge in [0.1, 0.15) is 5.75 Å². The van der Waals surface area contributed by atoms with Crippen LogP contribution in [0.1, 0.15) is 20.8 Å². The maximum absolute atomic E-state index is 12.5. The minimum atomic E-state index is -0.0895. The van der Waals surface area contributed by atoms with Gasteiger partial charge in [-0.25, -0.2) is 0 Å². The maximum atomic E-state index is 12.5. The molecule has 5 nitrogen and oxygen atoms in total. The first-order chi connectivity index (χ1) is 12.0. The van der Waals surface area contributed by atoms with Crippen LogP contribution in [0.2, 0.25) is 0 Å². The SMILES string of the molecule is CCOc1ccc(NC(=O)CN2CC(C)(C)Nc3ccccc32)cc1. The number of nitrogens with one attached hydrogen (secondary N) is 2. The molecule has 2 aromatic carbocycles. The molecule has 0 aliphatic carbocycles. The average molecular weight is 339 g/mol. The van der Waals surface area contributed by atoms with Gasteiger partial charge in [-0.1, -0.05) is 12.1 Å². The Bertz CT molecular complexity index is 741. The zero-order valence-electron chi connectivity index (χ0n) is 15.0. The molecule has 0 aromatic heterocycles. The molecule has 0 atom stereocenters. The highest BCUT2D eigenvalue weighted by molar-refractivity contribution is 5.95. The Morgan fingerprint density at radius 2 is 1.92 bits per heavy atom. The third kappa shape index (κ3) is 4.24. The third-order valence-corrected chi connectivity index (χ3v) is 4.09. The molecule has 25 heavy (non-hydrogen) atoms. The summed E-state index contributed by atoms with van der Waals surface area (Å²) in [6.45, 7) is 7.93. The zero-order valence-corrected chi connectivity index (χ0v) is 15.0. The van der Waals surface area contributed by atoms with Crippen molar-refractivity contribution >= 4 is 23.0 Å². The lowest BCUT2D eigenvalue weighted by Crippen LogP contribution is -2.50. The lowest BCUT2D eigenvalue weighted by molar-refractivity contribution is -0.115. The van der Waals surface area contributed by atoms with Crippen LogP contribution in [0.3, 0.4) is 0 Å². The summed E-state index contributed by atoms with van der Waals surface area (Å²) in [6, 6.07) is 15.5. The molecule has 1 amide bonds. The van der Waals surface area contributed by atoms with Crippen molar-refractivity contribution in [3.8, 4) is 5.75 Å². The van der Waals surface area contributed by atoms with E-state index in [1.807, 2.05) is 55.5 Å². The summed E-state index contributed by atoms with van der Waals surface area (Å²) in [5.74, 6) is 0.773. The fraction of sp³-hybridized carbons (Fsp3) is 0.350. The first kappa shape index (κ1) is 17.1. The summed E-state index contributed by atoms with van der Waals surface area (Å²) in [5, 5.41) is 6.48. The Balaban J connectivity index is 1.68. The molecule has 0 fully saturated rings. The van der Waals surface area contributed by atoms with Crippen molar-refractivity contribution in [3.63, 3.8) is 0 Å². The number of ether oxygens (including phenoxy) is 1. The van der Waals surface area contributed by atoms with E-state index in [1.54, 1.807) is 0 Å². The van der Waals surface area contributed by atoms with Gasteiger partial charge in [0.05, 0.1) is 24.5 Å². The van der Waals surface area contributed by atoms with Crippen molar-refractivity contribution in [3.05, 3.63) is 48.5 Å². The van der Waals surface area contributed by atoms with E-state index in [0.29, 0.717) is 13.2 Å². The fourth-order valence-electron chi connectivity index (χ4n) is 3.14. The van der Waals surface area contributed by atoms with Gasteiger partial charge in [0, 0.05) is 17.8 Å². The molecule has 0 saturated carbocycles. The second kappa shape index (κ2) is 7.05. The van der Waals surface area contributed by atoms with Crippen LogP contribution in [0.15, 0.2) is 48.5 Å². The van der Waals surface area contributed by atoms with Crippen LogP contribution in [0.4, 0.5) is 17.1 Å². The van der Waals surface area contributed by atoms with Crippen molar-refractivity contribution < 1.29 is 9.53 Å². The van der Waals surface area contributed by atoms with Crippen LogP contribution in [-0.4, -0.2) is 31.1 Å². The van der Waals surface area contributed by atoms with Crippen LogP contribution in [0.25, 0.3) is 0 Å². The lowest BCUT2D eigenvalue weighted by atomic mass is 9.99. The lowest BCUT2D eigenvalue weighted by Gasteiger charge is -2.41. The number of amides is 1. The van der Waals surface area contributed by atoms with Gasteiger partial charge < -0.3 is 20.3 Å². The Labute approximate surface area is 149 Å². The fourth-order valence-corrected chi connectivity index (χ4v) is 3.14. The first-order valence-electron chi connectivity index (χ1n) is 8.62. The van der Waals surface area contributed by atoms with E-state index >= 15 is 0 Å². The van der Waals surface area contributed by atoms with Gasteiger partial charge >= 0.3 is 0 Å². The van der Waals surface area contributed by atoms with Crippen LogP contribution < -0.4 is 20.3 Å². The normalized spacial score (nSPS) is 15.1. The predicted octanol–water partition coefficient (Wildman–Crippen LogP) is 3.73. The van der Waals surface area contributed by atoms with Gasteiger partial charge in [0.25, 0.3) is 0 Å². The van der Waals surface area contributed by atoms with Crippen LogP contribution in [0.5, 0.6) is 5.75 Å². The molecule has 0 bridgehead atoms. The molecule has 1 aliphatic rings. The number of hydrogen-bond donors (Lipinski definition) is 2. The van der Waals surface area contributed by atoms with Crippen molar-refractivity contribution in [2.24, 2.45) is 0 Å². The van der Waals surface area contributed by atoms with Crippen LogP contribution in [-0.2, 0) is 4.79 Å². The third-order valence-electron chi connectivity index (χ3n) is 4.09. The number of carbonyl (C=O) groups is 1. The van der Waals surface area contributed by atoms with E-state index in [9.17, 15) is 4.79 Å². The minimum Gasteiger partial charge on any atom is -0.494 e. The van der Waals surface area contributed by atoms with Crippen molar-refractivity contribution in [1.29, 1.82) is 0 Å². The minimum absolute atomic E-state index is 0.0309. The van der Waals surface area contributed by atoms with E-state index in [2.05, 4.69) is 29.4 Å². The number of anilines is 3. The molecular formula is C20H25N3O2. The Morgan fingerprint density at radius 3 is 2.64 bits per heavy atom. The summed E-state index contributed by atoms with van der Waals surface area (Å²) in [5.41, 5.74) is 2.81. The number of nitrogens with zero attached hydrogens (tertiary/aromatic N) is 1. The van der Waals surface area contributed by atoms with E-state index in [1.165, 1.54) is 0 Å². The highest BCUT2D eigenvalue weighted by atomic mass is 16.5. The molecule has 5 heteroatoms. The second-order valence-corrected chi connectivity index (χ2v) is 6.89. The summed E-state index contributed by atoms with van der Waals surface area (Å²) in [7, 11) is 0. The van der Waals surface area contributed by atoms with E-state index < -0.39 is 0 Å². The summed E-state index contributed by atoms with van der Waals surface area (Å²) in [4.78, 5) is 14.6. The van der Waals surface area contributed by atoms with Crippen molar-refractivity contribution in [1.82, 2.24) is 0 Å². The number of benzene rings is 2. The zero-order chi connectivity index (χ0) is 17.9. The number of carbonyl (C=O) groups excluding carboxylic acids is 1. The molecular weight excluding hydrogens is 314 g/mol. The predicted molar refractivity (Wildman–Crippen MR) is 103 cm³/mol. The molecule has 3 rings (SSSR count). The Kier molecular flexibility index (Phi) is 4.83. The maximum Gasteiger partial charge on any atom is 0.243 e. The number of hydrogen-bond acceptors (Lipinski definition) is 4. The second-order valence-electron chi connectivity index (χ2n) is 6.89. The highest BCUT2D eigenvalue weighted by Gasteiger charge is 2.30. The smallest absolute Gasteiger partial charge is 0.243 e. The van der Waals surface area contributed by atoms with Gasteiger partial charge in [0.2, 0.25) is 5.91 Å². The van der Waals surface area contributed by atoms with Crippen LogP contribution >= 0.6 is 0 Å². The largest absolute Gasteiger partial charge is 0.494 e. The van der Waals surface area contributed by atoms with Gasteiger partial charge in [0.15, 0.2) is 0 Å². The molecule has 1 aliphatic heterocycles.